The Morgan fingerprint density at radius 2 is 2.00 bits per heavy atom. The number of halogens is 2. The summed E-state index contributed by atoms with van der Waals surface area (Å²) in [7, 11) is 0. The van der Waals surface area contributed by atoms with Crippen molar-refractivity contribution >= 4 is 35.3 Å². The Morgan fingerprint density at radius 1 is 1.26 bits per heavy atom. The molecule has 6 atom stereocenters. The van der Waals surface area contributed by atoms with Gasteiger partial charge >= 0.3 is 5.97 Å². The van der Waals surface area contributed by atoms with E-state index in [4.69, 9.17) is 0 Å². The van der Waals surface area contributed by atoms with E-state index >= 15 is 0 Å². The molecule has 6 heterocycles. The summed E-state index contributed by atoms with van der Waals surface area (Å²) in [6, 6.07) is -0.784. The zero-order valence-corrected chi connectivity index (χ0v) is 24.9. The van der Waals surface area contributed by atoms with Crippen LogP contribution in [0.15, 0.2) is 16.9 Å². The van der Waals surface area contributed by atoms with E-state index in [-0.39, 0.29) is 72.4 Å². The SMILES string of the molecule is C[C@@H](CC(=O)Cn1cnnn1)[C@H]1C(=O)N2C(C(=O)O)=C(S[C@@H]3CN[C@H](C(=O)N4CCC5(CC4)CC(F)(F)CN5)C3)[C@H](C)[C@H]12. The molecule has 0 aliphatic carbocycles. The molecule has 5 aliphatic rings. The summed E-state index contributed by atoms with van der Waals surface area (Å²) in [6.45, 7) is 4.77. The quantitative estimate of drug-likeness (QED) is 0.329. The summed E-state index contributed by atoms with van der Waals surface area (Å²) in [5.41, 5.74) is -0.614. The van der Waals surface area contributed by atoms with Gasteiger partial charge in [0.05, 0.1) is 24.5 Å². The van der Waals surface area contributed by atoms with Crippen LogP contribution in [0, 0.1) is 17.8 Å². The van der Waals surface area contributed by atoms with Crippen LogP contribution in [-0.4, -0.2) is 114 Å². The number of β-lactam (4-membered cyclic amide) rings is 1. The lowest BCUT2D eigenvalue weighted by Gasteiger charge is -2.47. The Hall–Kier alpha value is -2.98. The van der Waals surface area contributed by atoms with Crippen molar-refractivity contribution in [3.8, 4) is 0 Å². The molecule has 0 bridgehead atoms. The van der Waals surface area contributed by atoms with Gasteiger partial charge in [0.25, 0.3) is 5.92 Å². The number of carboxylic acids is 1. The minimum atomic E-state index is -2.71. The first-order chi connectivity index (χ1) is 20.4. The number of ketones is 1. The number of tetrazole rings is 1. The van der Waals surface area contributed by atoms with Gasteiger partial charge in [0.15, 0.2) is 5.78 Å². The predicted octanol–water partition coefficient (Wildman–Crippen LogP) is 0.495. The molecule has 1 aromatic heterocycles. The molecular formula is C27H36F2N8O5S. The van der Waals surface area contributed by atoms with Gasteiger partial charge in [0.2, 0.25) is 11.8 Å². The van der Waals surface area contributed by atoms with Gasteiger partial charge in [-0.15, -0.1) is 16.9 Å². The first-order valence-corrected chi connectivity index (χ1v) is 15.6. The van der Waals surface area contributed by atoms with Crippen molar-refractivity contribution in [2.75, 3.05) is 26.2 Å². The van der Waals surface area contributed by atoms with E-state index < -0.39 is 29.4 Å². The number of carbonyl (C=O) groups is 4. The number of carboxylic acid groups (broad SMARTS) is 1. The topological polar surface area (TPSA) is 163 Å². The van der Waals surface area contributed by atoms with Gasteiger partial charge < -0.3 is 25.5 Å². The molecule has 3 N–H and O–H groups in total. The van der Waals surface area contributed by atoms with Gasteiger partial charge in [-0.1, -0.05) is 13.8 Å². The fourth-order valence-electron chi connectivity index (χ4n) is 7.58. The van der Waals surface area contributed by atoms with Crippen LogP contribution < -0.4 is 10.6 Å². The van der Waals surface area contributed by atoms with Crippen LogP contribution in [0.2, 0.25) is 0 Å². The summed E-state index contributed by atoms with van der Waals surface area (Å²) in [5, 5.41) is 27.0. The Labute approximate surface area is 251 Å². The molecule has 43 heavy (non-hydrogen) atoms. The molecule has 5 aliphatic heterocycles. The van der Waals surface area contributed by atoms with Gasteiger partial charge in [-0.3, -0.25) is 14.4 Å². The maximum atomic E-state index is 13.8. The number of aromatic nitrogens is 4. The number of hydrogen-bond donors (Lipinski definition) is 3. The maximum Gasteiger partial charge on any atom is 0.353 e. The molecule has 4 saturated heterocycles. The fourth-order valence-corrected chi connectivity index (χ4v) is 9.06. The number of hydrogen-bond acceptors (Lipinski definition) is 10. The number of thioether (sulfide) groups is 1. The molecule has 234 valence electrons. The number of carbonyl (C=O) groups excluding carboxylic acids is 3. The number of rotatable bonds is 9. The van der Waals surface area contributed by atoms with Crippen molar-refractivity contribution in [1.82, 2.24) is 40.6 Å². The normalized spacial score (nSPS) is 31.8. The van der Waals surface area contributed by atoms with Crippen LogP contribution in [0.3, 0.4) is 0 Å². The van der Waals surface area contributed by atoms with Gasteiger partial charge in [-0.25, -0.2) is 18.3 Å². The predicted molar refractivity (Wildman–Crippen MR) is 148 cm³/mol. The van der Waals surface area contributed by atoms with E-state index in [0.717, 1.165) is 0 Å². The summed E-state index contributed by atoms with van der Waals surface area (Å²) in [4.78, 5) is 55.2. The van der Waals surface area contributed by atoms with Crippen molar-refractivity contribution in [2.24, 2.45) is 17.8 Å². The zero-order valence-electron chi connectivity index (χ0n) is 24.0. The Morgan fingerprint density at radius 3 is 2.63 bits per heavy atom. The third-order valence-corrected chi connectivity index (χ3v) is 11.2. The molecule has 6 rings (SSSR count). The average Bonchev–Trinajstić information content (AvgIpc) is 3.72. The molecule has 13 nitrogen and oxygen atoms in total. The van der Waals surface area contributed by atoms with Crippen molar-refractivity contribution < 1.29 is 33.1 Å². The van der Waals surface area contributed by atoms with Crippen molar-refractivity contribution in [3.63, 3.8) is 0 Å². The monoisotopic (exact) mass is 622 g/mol. The number of fused-ring (bicyclic) bond motifs is 1. The van der Waals surface area contributed by atoms with Crippen LogP contribution in [0.4, 0.5) is 8.78 Å². The Balaban J connectivity index is 1.05. The van der Waals surface area contributed by atoms with Gasteiger partial charge in [-0.05, 0) is 35.6 Å². The minimum absolute atomic E-state index is 0.00159. The van der Waals surface area contributed by atoms with Gasteiger partial charge in [-0.2, -0.15) is 0 Å². The number of Topliss-reactive ketones (excluding diaryl/α,β-unsaturated/α-hetero) is 1. The number of nitrogens with zero attached hydrogens (tertiary/aromatic N) is 6. The highest BCUT2D eigenvalue weighted by Gasteiger charge is 2.60. The summed E-state index contributed by atoms with van der Waals surface area (Å²) in [5.74, 6) is -5.35. The highest BCUT2D eigenvalue weighted by molar-refractivity contribution is 8.03. The minimum Gasteiger partial charge on any atom is -0.477 e. The third-order valence-electron chi connectivity index (χ3n) is 9.72. The van der Waals surface area contributed by atoms with Gasteiger partial charge in [0, 0.05) is 54.1 Å². The summed E-state index contributed by atoms with van der Waals surface area (Å²) >= 11 is 1.41. The third kappa shape index (κ3) is 5.57. The van der Waals surface area contributed by atoms with Crippen LogP contribution in [0.5, 0.6) is 0 Å². The van der Waals surface area contributed by atoms with Gasteiger partial charge in [0.1, 0.15) is 18.6 Å². The fraction of sp³-hybridized carbons (Fsp3) is 0.741. The number of aliphatic carboxylic acids is 1. The largest absolute Gasteiger partial charge is 0.477 e. The van der Waals surface area contributed by atoms with E-state index in [0.29, 0.717) is 43.8 Å². The number of alkyl halides is 2. The second-order valence-electron chi connectivity index (χ2n) is 12.7. The smallest absolute Gasteiger partial charge is 0.353 e. The molecule has 0 unspecified atom stereocenters. The number of nitrogens with one attached hydrogen (secondary N) is 2. The lowest BCUT2D eigenvalue weighted by atomic mass is 9.73. The van der Waals surface area contributed by atoms with Crippen LogP contribution in [-0.2, 0) is 25.7 Å². The zero-order chi connectivity index (χ0) is 30.7. The highest BCUT2D eigenvalue weighted by Crippen LogP contribution is 2.53. The first kappa shape index (κ1) is 30.1. The van der Waals surface area contributed by atoms with E-state index in [2.05, 4.69) is 26.2 Å². The van der Waals surface area contributed by atoms with Crippen LogP contribution in [0.25, 0.3) is 0 Å². The highest BCUT2D eigenvalue weighted by atomic mass is 32.2. The van der Waals surface area contributed by atoms with Crippen molar-refractivity contribution in [2.45, 2.75) is 81.3 Å². The molecular weight excluding hydrogens is 586 g/mol. The van der Waals surface area contributed by atoms with E-state index in [9.17, 15) is 33.1 Å². The van der Waals surface area contributed by atoms with E-state index in [1.807, 2.05) is 13.8 Å². The second kappa shape index (κ2) is 11.2. The second-order valence-corrected chi connectivity index (χ2v) is 14.0. The Kier molecular flexibility index (Phi) is 7.82. The number of amides is 2. The maximum absolute atomic E-state index is 13.8. The molecule has 1 spiro atoms. The average molecular weight is 623 g/mol. The lowest BCUT2D eigenvalue weighted by Crippen LogP contribution is -2.62. The number of piperidine rings is 1. The standard InChI is InChI=1S/C27H36F2N8O5S/c1-14(7-16(38)10-36-13-32-33-34-36)19-20-15(2)22(21(25(41)42)37(20)24(19)40)43-17-8-18(30-9-17)23(39)35-5-3-26(4-6-35)11-27(28,29)12-31-26/h13-15,17-20,30-31H,3-12H2,1-2H3,(H,41,42)/t14-,15+,17-,18-,19+,20+/m0/s1. The molecule has 0 aromatic carbocycles. The molecule has 1 aromatic rings. The Bertz CT molecular complexity index is 1330. The molecule has 4 fully saturated rings. The number of likely N-dealkylation sites (tertiary alicyclic amines) is 1. The van der Waals surface area contributed by atoms with E-state index in [1.54, 1.807) is 4.90 Å². The van der Waals surface area contributed by atoms with Crippen molar-refractivity contribution in [3.05, 3.63) is 16.9 Å². The van der Waals surface area contributed by atoms with Crippen LogP contribution >= 0.6 is 11.8 Å². The molecule has 16 heteroatoms. The molecule has 0 radical (unpaired) electrons. The molecule has 0 saturated carbocycles. The van der Waals surface area contributed by atoms with Crippen molar-refractivity contribution in [1.29, 1.82) is 0 Å². The van der Waals surface area contributed by atoms with Crippen LogP contribution in [0.1, 0.15) is 46.0 Å². The summed E-state index contributed by atoms with van der Waals surface area (Å²) in [6.07, 6.45) is 2.76. The molecule has 2 amide bonds. The van der Waals surface area contributed by atoms with E-state index in [1.165, 1.54) is 27.7 Å². The lowest BCUT2D eigenvalue weighted by molar-refractivity contribution is -0.160. The summed E-state index contributed by atoms with van der Waals surface area (Å²) < 4.78 is 28.9. The first-order valence-electron chi connectivity index (χ1n) is 14.7.